The van der Waals surface area contributed by atoms with Crippen LogP contribution in [-0.4, -0.2) is 180 Å². The van der Waals surface area contributed by atoms with Crippen LogP contribution in [-0.2, 0) is 59.1 Å². The fraction of sp³-hybridized carbons (Fsp3) is 0.558. The SMILES string of the molecule is CC(C)(C)[C@H](c1cc(-c2cc(F)ccc2F)cn1Cc1ccccc1)N(CCCN)C(=O)CSC[C@@H](CC(=O)O)NC(=O)CCOCCOCCOCCOCCNC(=O)CNC(=O)C(CC(=O)O)SC[C@H](N)CC(=O)O. The lowest BCUT2D eigenvalue weighted by atomic mass is 9.83. The molecule has 1 heterocycles. The standard InChI is InChI=1S/C52H75F2N7O14S2/c1-52(2,3)50(42-24-36(40-25-37(53)10-11-41(40)54)31-60(42)30-35-8-5-4-6-9-35)61(15-7-13-55)46(64)34-76-33-39(27-48(67)68)59-44(62)12-16-72-18-20-74-22-23-75-21-19-73-17-14-57-45(63)29-58-51(71)43(28-49(69)70)77-32-38(56)26-47(65)66/h4-6,8-11,24-25,31,38-39,43,50H,7,12-23,26-30,32-34,55-56H2,1-3H3,(H,57,63)(H,58,71)(H,59,62)(H,65,66)(H,67,68)(H,69,70)/t38-,39-,43?,50+/m1/s1. The van der Waals surface area contributed by atoms with E-state index in [2.05, 4.69) is 16.0 Å². The molecule has 21 nitrogen and oxygen atoms in total. The van der Waals surface area contributed by atoms with Gasteiger partial charge in [0.2, 0.25) is 23.6 Å². The maximum Gasteiger partial charge on any atom is 0.305 e. The molecular weight excluding hydrogens is 1050 g/mol. The summed E-state index contributed by atoms with van der Waals surface area (Å²) in [4.78, 5) is 87.3. The molecule has 0 saturated heterocycles. The summed E-state index contributed by atoms with van der Waals surface area (Å²) in [7, 11) is 0. The van der Waals surface area contributed by atoms with Crippen molar-refractivity contribution in [3.05, 3.63) is 83.7 Å². The number of thioether (sulfide) groups is 2. The summed E-state index contributed by atoms with van der Waals surface area (Å²) in [5.74, 6) is -6.40. The highest BCUT2D eigenvalue weighted by Crippen LogP contribution is 2.41. The van der Waals surface area contributed by atoms with Gasteiger partial charge in [-0.2, -0.15) is 0 Å². The first kappa shape index (κ1) is 65.6. The molecule has 428 valence electrons. The average molecular weight is 1120 g/mol. The molecule has 4 atom stereocenters. The highest BCUT2D eigenvalue weighted by atomic mass is 32.2. The Balaban J connectivity index is 1.37. The van der Waals surface area contributed by atoms with Crippen molar-refractivity contribution in [2.75, 3.05) is 96.3 Å². The topological polar surface area (TPSA) is 313 Å². The van der Waals surface area contributed by atoms with E-state index in [-0.39, 0.29) is 107 Å². The second-order valence-electron chi connectivity index (χ2n) is 18.8. The summed E-state index contributed by atoms with van der Waals surface area (Å²) in [6, 6.07) is 12.6. The van der Waals surface area contributed by atoms with Gasteiger partial charge in [0.25, 0.3) is 0 Å². The van der Waals surface area contributed by atoms with Crippen LogP contribution in [0.3, 0.4) is 0 Å². The van der Waals surface area contributed by atoms with Gasteiger partial charge in [0.1, 0.15) is 11.6 Å². The smallest absolute Gasteiger partial charge is 0.305 e. The van der Waals surface area contributed by atoms with Crippen LogP contribution >= 0.6 is 23.5 Å². The summed E-state index contributed by atoms with van der Waals surface area (Å²) in [6.07, 6.45) is 0.965. The van der Waals surface area contributed by atoms with Gasteiger partial charge in [0, 0.05) is 72.7 Å². The lowest BCUT2D eigenvalue weighted by Gasteiger charge is -2.41. The number of carbonyl (C=O) groups excluding carboxylic acids is 4. The number of nitrogens with one attached hydrogen (secondary N) is 3. The Morgan fingerprint density at radius 1 is 0.766 bits per heavy atom. The Labute approximate surface area is 456 Å². The van der Waals surface area contributed by atoms with E-state index in [1.165, 1.54) is 11.8 Å². The molecule has 25 heteroatoms. The zero-order chi connectivity index (χ0) is 56.8. The number of hydrogen-bond acceptors (Lipinski definition) is 15. The second kappa shape index (κ2) is 35.7. The summed E-state index contributed by atoms with van der Waals surface area (Å²) >= 11 is 2.10. The van der Waals surface area contributed by atoms with Crippen LogP contribution in [0.4, 0.5) is 8.78 Å². The first-order valence-electron chi connectivity index (χ1n) is 25.1. The zero-order valence-corrected chi connectivity index (χ0v) is 45.5. The fourth-order valence-corrected chi connectivity index (χ4v) is 9.78. The molecule has 0 aliphatic carbocycles. The molecule has 3 aromatic rings. The van der Waals surface area contributed by atoms with E-state index in [9.17, 15) is 43.1 Å². The molecule has 77 heavy (non-hydrogen) atoms. The van der Waals surface area contributed by atoms with Crippen molar-refractivity contribution in [1.82, 2.24) is 25.4 Å². The summed E-state index contributed by atoms with van der Waals surface area (Å²) in [6.45, 7) is 8.32. The molecule has 0 bridgehead atoms. The molecule has 4 amide bonds. The number of aromatic nitrogens is 1. The number of halogens is 2. The van der Waals surface area contributed by atoms with E-state index in [0.717, 1.165) is 35.5 Å². The molecule has 10 N–H and O–H groups in total. The van der Waals surface area contributed by atoms with Crippen molar-refractivity contribution in [2.45, 2.75) is 82.8 Å². The lowest BCUT2D eigenvalue weighted by Crippen LogP contribution is -2.44. The molecular formula is C52H75F2N7O14S2. The van der Waals surface area contributed by atoms with Crippen molar-refractivity contribution in [3.8, 4) is 11.1 Å². The van der Waals surface area contributed by atoms with Gasteiger partial charge in [-0.15, -0.1) is 23.5 Å². The van der Waals surface area contributed by atoms with Gasteiger partial charge in [-0.05, 0) is 48.2 Å². The Bertz CT molecular complexity index is 2330. The quantitative estimate of drug-likeness (QED) is 0.0378. The van der Waals surface area contributed by atoms with Crippen molar-refractivity contribution >= 4 is 65.1 Å². The van der Waals surface area contributed by atoms with Crippen LogP contribution in [0.5, 0.6) is 0 Å². The summed E-state index contributed by atoms with van der Waals surface area (Å²) in [5, 5.41) is 34.2. The van der Waals surface area contributed by atoms with Crippen LogP contribution in [0, 0.1) is 17.0 Å². The van der Waals surface area contributed by atoms with Gasteiger partial charge in [-0.25, -0.2) is 8.78 Å². The Hall–Kier alpha value is -5.67. The number of carbonyl (C=O) groups is 7. The average Bonchev–Trinajstić information content (AvgIpc) is 3.76. The highest BCUT2D eigenvalue weighted by Gasteiger charge is 2.37. The van der Waals surface area contributed by atoms with Gasteiger partial charge in [-0.3, -0.25) is 33.6 Å². The third-order valence-corrected chi connectivity index (χ3v) is 13.7. The van der Waals surface area contributed by atoms with Crippen LogP contribution in [0.2, 0.25) is 0 Å². The fourth-order valence-electron chi connectivity index (χ4n) is 7.75. The molecule has 0 aliphatic rings. The van der Waals surface area contributed by atoms with Crippen molar-refractivity contribution < 1.29 is 76.6 Å². The minimum Gasteiger partial charge on any atom is -0.481 e. The monoisotopic (exact) mass is 1120 g/mol. The highest BCUT2D eigenvalue weighted by molar-refractivity contribution is 8.00. The molecule has 0 spiro atoms. The third kappa shape index (κ3) is 26.5. The first-order valence-corrected chi connectivity index (χ1v) is 27.3. The number of nitrogens with zero attached hydrogens (tertiary/aromatic N) is 2. The van der Waals surface area contributed by atoms with Gasteiger partial charge in [0.05, 0.1) is 95.7 Å². The van der Waals surface area contributed by atoms with E-state index < -0.39 is 89.0 Å². The largest absolute Gasteiger partial charge is 0.481 e. The number of hydrogen-bond donors (Lipinski definition) is 8. The number of rotatable bonds is 40. The minimum absolute atomic E-state index is 0.0382. The summed E-state index contributed by atoms with van der Waals surface area (Å²) in [5.41, 5.74) is 13.3. The van der Waals surface area contributed by atoms with Gasteiger partial charge in [-0.1, -0.05) is 51.1 Å². The molecule has 0 saturated carbocycles. The number of benzene rings is 2. The third-order valence-electron chi connectivity index (χ3n) is 11.2. The molecule has 1 aromatic heterocycles. The van der Waals surface area contributed by atoms with Gasteiger partial charge in [0.15, 0.2) is 0 Å². The molecule has 3 rings (SSSR count). The predicted molar refractivity (Wildman–Crippen MR) is 287 cm³/mol. The molecule has 1 unspecified atom stereocenters. The maximum absolute atomic E-state index is 15.2. The molecule has 0 fully saturated rings. The number of aliphatic carboxylic acids is 3. The van der Waals surface area contributed by atoms with Crippen LogP contribution < -0.4 is 27.4 Å². The Morgan fingerprint density at radius 2 is 1.39 bits per heavy atom. The molecule has 0 aliphatic heterocycles. The minimum atomic E-state index is -1.24. The second-order valence-corrected chi connectivity index (χ2v) is 21.1. The number of amides is 4. The van der Waals surface area contributed by atoms with Crippen LogP contribution in [0.25, 0.3) is 11.1 Å². The molecule has 0 radical (unpaired) electrons. The van der Waals surface area contributed by atoms with E-state index in [4.69, 9.17) is 40.6 Å². The van der Waals surface area contributed by atoms with Crippen molar-refractivity contribution in [2.24, 2.45) is 16.9 Å². The van der Waals surface area contributed by atoms with E-state index in [1.54, 1.807) is 17.2 Å². The number of carboxylic acid groups (broad SMARTS) is 3. The van der Waals surface area contributed by atoms with E-state index in [1.807, 2.05) is 55.7 Å². The number of nitrogens with two attached hydrogens (primary N) is 2. The van der Waals surface area contributed by atoms with Crippen molar-refractivity contribution in [1.29, 1.82) is 0 Å². The summed E-state index contributed by atoms with van der Waals surface area (Å²) < 4.78 is 53.5. The van der Waals surface area contributed by atoms with E-state index >= 15 is 4.39 Å². The maximum atomic E-state index is 15.2. The normalized spacial score (nSPS) is 13.0. The van der Waals surface area contributed by atoms with Gasteiger partial charge >= 0.3 is 17.9 Å². The predicted octanol–water partition coefficient (Wildman–Crippen LogP) is 3.51. The number of carboxylic acids is 3. The van der Waals surface area contributed by atoms with E-state index in [0.29, 0.717) is 37.3 Å². The van der Waals surface area contributed by atoms with Crippen molar-refractivity contribution in [3.63, 3.8) is 0 Å². The van der Waals surface area contributed by atoms with Crippen LogP contribution in [0.1, 0.15) is 70.2 Å². The first-order chi connectivity index (χ1) is 36.7. The Kier molecular flexibility index (Phi) is 30.4. The van der Waals surface area contributed by atoms with Gasteiger partial charge < -0.3 is 71.2 Å². The number of ether oxygens (including phenoxy) is 4. The Morgan fingerprint density at radius 3 is 2.00 bits per heavy atom. The molecule has 2 aromatic carbocycles. The lowest BCUT2D eigenvalue weighted by molar-refractivity contribution is -0.139. The van der Waals surface area contributed by atoms with Crippen LogP contribution in [0.15, 0.2) is 60.8 Å². The zero-order valence-electron chi connectivity index (χ0n) is 43.9.